The maximum Gasteiger partial charge on any atom is 0.269 e. The van der Waals surface area contributed by atoms with E-state index in [-0.39, 0.29) is 12.2 Å². The predicted molar refractivity (Wildman–Crippen MR) is 110 cm³/mol. The van der Waals surface area contributed by atoms with Crippen LogP contribution in [0.1, 0.15) is 17.0 Å². The highest BCUT2D eigenvalue weighted by Gasteiger charge is 2.74. The third-order valence-electron chi connectivity index (χ3n) is 6.12. The van der Waals surface area contributed by atoms with E-state index in [0.29, 0.717) is 21.3 Å². The number of non-ortho nitro benzene ring substituents is 1. The number of nitrogens with one attached hydrogen (secondary N) is 1. The van der Waals surface area contributed by atoms with E-state index in [0.717, 1.165) is 0 Å². The van der Waals surface area contributed by atoms with Crippen LogP contribution >= 0.6 is 15.9 Å². The average molecular weight is 470 g/mol. The first kappa shape index (κ1) is 20.0. The SMILES string of the molecule is CN1CC(c2cccc([N+](=O)[O-])c2)C(C#N)(C(N)=O)C12C(=O)Nc1ccc(Br)cc12. The Kier molecular flexibility index (Phi) is 4.41. The number of nitro groups is 1. The molecule has 1 spiro atoms. The number of likely N-dealkylation sites (tertiary alicyclic amines) is 1. The van der Waals surface area contributed by atoms with Gasteiger partial charge in [-0.1, -0.05) is 28.1 Å². The molecule has 4 rings (SSSR count). The molecular formula is C20H16BrN5O4. The molecule has 152 valence electrons. The van der Waals surface area contributed by atoms with Gasteiger partial charge in [-0.15, -0.1) is 0 Å². The molecule has 3 N–H and O–H groups in total. The lowest BCUT2D eigenvalue weighted by atomic mass is 9.61. The van der Waals surface area contributed by atoms with Crippen molar-refractivity contribution in [3.8, 4) is 6.07 Å². The number of anilines is 1. The summed E-state index contributed by atoms with van der Waals surface area (Å²) < 4.78 is 0.667. The minimum absolute atomic E-state index is 0.122. The summed E-state index contributed by atoms with van der Waals surface area (Å²) in [5, 5.41) is 24.4. The molecule has 0 aliphatic carbocycles. The van der Waals surface area contributed by atoms with Gasteiger partial charge in [0.15, 0.2) is 11.0 Å². The monoisotopic (exact) mass is 469 g/mol. The molecule has 0 aromatic heterocycles. The van der Waals surface area contributed by atoms with Crippen molar-refractivity contribution in [2.45, 2.75) is 11.5 Å². The molecule has 2 aliphatic heterocycles. The maximum atomic E-state index is 13.4. The first-order valence-corrected chi connectivity index (χ1v) is 9.77. The van der Waals surface area contributed by atoms with E-state index in [1.54, 1.807) is 36.2 Å². The Morgan fingerprint density at radius 3 is 2.77 bits per heavy atom. The van der Waals surface area contributed by atoms with Gasteiger partial charge in [0.1, 0.15) is 0 Å². The summed E-state index contributed by atoms with van der Waals surface area (Å²) in [5.41, 5.74) is 3.31. The van der Waals surface area contributed by atoms with Crippen molar-refractivity contribution in [3.05, 3.63) is 68.2 Å². The number of nitro benzene ring substituents is 1. The van der Waals surface area contributed by atoms with E-state index in [9.17, 15) is 25.0 Å². The van der Waals surface area contributed by atoms with Crippen molar-refractivity contribution >= 4 is 39.1 Å². The van der Waals surface area contributed by atoms with Crippen molar-refractivity contribution in [1.82, 2.24) is 4.90 Å². The maximum absolute atomic E-state index is 13.4. The molecule has 1 saturated heterocycles. The van der Waals surface area contributed by atoms with E-state index < -0.39 is 33.6 Å². The number of amides is 2. The fourth-order valence-electron chi connectivity index (χ4n) is 4.91. The van der Waals surface area contributed by atoms with Crippen molar-refractivity contribution in [2.24, 2.45) is 11.1 Å². The number of carbonyl (C=O) groups excluding carboxylic acids is 2. The predicted octanol–water partition coefficient (Wildman–Crippen LogP) is 2.23. The average Bonchev–Trinajstić information content (AvgIpc) is 3.15. The number of fused-ring (bicyclic) bond motifs is 2. The number of halogens is 1. The number of nitrogens with two attached hydrogens (primary N) is 1. The molecule has 2 aromatic carbocycles. The highest BCUT2D eigenvalue weighted by molar-refractivity contribution is 9.10. The molecule has 0 bridgehead atoms. The van der Waals surface area contributed by atoms with Gasteiger partial charge in [0.2, 0.25) is 5.91 Å². The smallest absolute Gasteiger partial charge is 0.269 e. The van der Waals surface area contributed by atoms with Gasteiger partial charge in [-0.2, -0.15) is 5.26 Å². The first-order valence-electron chi connectivity index (χ1n) is 8.98. The largest absolute Gasteiger partial charge is 0.368 e. The zero-order valence-corrected chi connectivity index (χ0v) is 17.3. The fraction of sp³-hybridized carbons (Fsp3) is 0.250. The Balaban J connectivity index is 2.03. The number of primary amides is 1. The number of hydrogen-bond donors (Lipinski definition) is 2. The minimum Gasteiger partial charge on any atom is -0.368 e. The van der Waals surface area contributed by atoms with Crippen LogP contribution in [-0.4, -0.2) is 35.2 Å². The summed E-state index contributed by atoms with van der Waals surface area (Å²) in [5.74, 6) is -2.36. The van der Waals surface area contributed by atoms with Crippen LogP contribution in [0.25, 0.3) is 0 Å². The zero-order valence-electron chi connectivity index (χ0n) is 15.8. The van der Waals surface area contributed by atoms with Crippen LogP contribution in [0.2, 0.25) is 0 Å². The quantitative estimate of drug-likeness (QED) is 0.521. The molecule has 0 radical (unpaired) electrons. The van der Waals surface area contributed by atoms with Gasteiger partial charge in [0, 0.05) is 40.3 Å². The number of nitrogens with zero attached hydrogens (tertiary/aromatic N) is 3. The number of likely N-dealkylation sites (N-methyl/N-ethyl adjacent to an activating group) is 1. The molecule has 3 unspecified atom stereocenters. The van der Waals surface area contributed by atoms with Crippen LogP contribution in [0.3, 0.4) is 0 Å². The van der Waals surface area contributed by atoms with Gasteiger partial charge in [-0.3, -0.25) is 24.6 Å². The molecular weight excluding hydrogens is 454 g/mol. The van der Waals surface area contributed by atoms with Crippen LogP contribution < -0.4 is 11.1 Å². The molecule has 3 atom stereocenters. The van der Waals surface area contributed by atoms with Gasteiger partial charge < -0.3 is 11.1 Å². The molecule has 2 aliphatic rings. The van der Waals surface area contributed by atoms with E-state index in [4.69, 9.17) is 5.73 Å². The van der Waals surface area contributed by atoms with E-state index in [1.165, 1.54) is 18.2 Å². The van der Waals surface area contributed by atoms with Crippen LogP contribution in [-0.2, 0) is 15.1 Å². The van der Waals surface area contributed by atoms with Crippen LogP contribution in [0.5, 0.6) is 0 Å². The Labute approximate surface area is 179 Å². The number of carbonyl (C=O) groups is 2. The van der Waals surface area contributed by atoms with Crippen molar-refractivity contribution in [2.75, 3.05) is 18.9 Å². The number of hydrogen-bond acceptors (Lipinski definition) is 6. The zero-order chi connectivity index (χ0) is 21.8. The Morgan fingerprint density at radius 2 is 2.13 bits per heavy atom. The minimum atomic E-state index is -1.99. The van der Waals surface area contributed by atoms with E-state index >= 15 is 0 Å². The van der Waals surface area contributed by atoms with E-state index in [2.05, 4.69) is 27.3 Å². The van der Waals surface area contributed by atoms with Gasteiger partial charge >= 0.3 is 0 Å². The third kappa shape index (κ3) is 2.30. The number of benzene rings is 2. The number of rotatable bonds is 3. The molecule has 2 amide bonds. The Morgan fingerprint density at radius 1 is 1.40 bits per heavy atom. The highest BCUT2D eigenvalue weighted by Crippen LogP contribution is 2.61. The van der Waals surface area contributed by atoms with Gasteiger partial charge in [0.25, 0.3) is 11.6 Å². The normalized spacial score (nSPS) is 27.5. The van der Waals surface area contributed by atoms with Crippen LogP contribution in [0.15, 0.2) is 46.9 Å². The molecule has 10 heteroatoms. The van der Waals surface area contributed by atoms with Crippen LogP contribution in [0.4, 0.5) is 11.4 Å². The fourth-order valence-corrected chi connectivity index (χ4v) is 5.27. The molecule has 1 fully saturated rings. The summed E-state index contributed by atoms with van der Waals surface area (Å²) in [6, 6.07) is 12.9. The van der Waals surface area contributed by atoms with Crippen molar-refractivity contribution < 1.29 is 14.5 Å². The summed E-state index contributed by atoms with van der Waals surface area (Å²) in [6.07, 6.45) is 0. The second-order valence-corrected chi connectivity index (χ2v) is 8.34. The summed E-state index contributed by atoms with van der Waals surface area (Å²) in [7, 11) is 1.64. The topological polar surface area (TPSA) is 142 Å². The van der Waals surface area contributed by atoms with Gasteiger partial charge in [-0.25, -0.2) is 0 Å². The lowest BCUT2D eigenvalue weighted by molar-refractivity contribution is -0.384. The molecule has 2 heterocycles. The van der Waals surface area contributed by atoms with Crippen molar-refractivity contribution in [1.29, 1.82) is 5.26 Å². The molecule has 30 heavy (non-hydrogen) atoms. The third-order valence-corrected chi connectivity index (χ3v) is 6.61. The summed E-state index contributed by atoms with van der Waals surface area (Å²) >= 11 is 3.39. The summed E-state index contributed by atoms with van der Waals surface area (Å²) in [6.45, 7) is 0.122. The summed E-state index contributed by atoms with van der Waals surface area (Å²) in [4.78, 5) is 38.7. The molecule has 2 aromatic rings. The van der Waals surface area contributed by atoms with Crippen molar-refractivity contribution in [3.63, 3.8) is 0 Å². The van der Waals surface area contributed by atoms with Crippen LogP contribution in [0, 0.1) is 26.9 Å². The lowest BCUT2D eigenvalue weighted by Crippen LogP contribution is -2.60. The second-order valence-electron chi connectivity index (χ2n) is 7.42. The molecule has 9 nitrogen and oxygen atoms in total. The Hall–Kier alpha value is -3.29. The second kappa shape index (κ2) is 6.62. The van der Waals surface area contributed by atoms with Gasteiger partial charge in [-0.05, 0) is 30.8 Å². The lowest BCUT2D eigenvalue weighted by Gasteiger charge is -2.40. The highest BCUT2D eigenvalue weighted by atomic mass is 79.9. The standard InChI is InChI=1S/C20H16BrN5O4/c1-25-9-15(11-3-2-4-13(7-11)26(29)30)19(10-22,17(23)27)20(25)14-8-12(21)5-6-16(14)24-18(20)28/h2-8,15H,9H2,1H3,(H2,23,27)(H,24,28). The van der Waals surface area contributed by atoms with E-state index in [1.807, 2.05) is 0 Å². The first-order chi connectivity index (χ1) is 14.2. The Bertz CT molecular complexity index is 1160. The molecule has 0 saturated carbocycles. The van der Waals surface area contributed by atoms with Gasteiger partial charge in [0.05, 0.1) is 11.0 Å². The number of nitriles is 1.